The van der Waals surface area contributed by atoms with Crippen molar-refractivity contribution in [2.45, 2.75) is 32.7 Å². The Morgan fingerprint density at radius 1 is 1.24 bits per heavy atom. The molecule has 0 spiro atoms. The Balaban J connectivity index is 2.00. The van der Waals surface area contributed by atoms with E-state index in [0.717, 1.165) is 19.4 Å². The standard InChI is InChI=1S/C16H21ClN4/c1-3-9-18-16-19-11-14(17)15(21-16)20-12(2)10-13-7-5-4-6-8-13/h4-8,11-12H,3,9-10H2,1-2H3,(H2,18,19,20,21). The lowest BCUT2D eigenvalue weighted by atomic mass is 10.1. The summed E-state index contributed by atoms with van der Waals surface area (Å²) in [5.41, 5.74) is 1.28. The molecule has 0 saturated heterocycles. The minimum atomic E-state index is 0.235. The van der Waals surface area contributed by atoms with Gasteiger partial charge in [0, 0.05) is 12.6 Å². The molecule has 112 valence electrons. The summed E-state index contributed by atoms with van der Waals surface area (Å²) in [6, 6.07) is 10.6. The van der Waals surface area contributed by atoms with Crippen LogP contribution in [-0.2, 0) is 6.42 Å². The molecule has 4 nitrogen and oxygen atoms in total. The summed E-state index contributed by atoms with van der Waals surface area (Å²) in [6.45, 7) is 5.06. The largest absolute Gasteiger partial charge is 0.366 e. The van der Waals surface area contributed by atoms with Gasteiger partial charge in [-0.2, -0.15) is 4.98 Å². The van der Waals surface area contributed by atoms with Crippen LogP contribution in [0.1, 0.15) is 25.8 Å². The van der Waals surface area contributed by atoms with Crippen LogP contribution in [0.2, 0.25) is 5.02 Å². The number of nitrogens with zero attached hydrogens (tertiary/aromatic N) is 2. The van der Waals surface area contributed by atoms with Gasteiger partial charge in [0.2, 0.25) is 5.95 Å². The van der Waals surface area contributed by atoms with Crippen molar-refractivity contribution in [3.63, 3.8) is 0 Å². The third-order valence-electron chi connectivity index (χ3n) is 3.05. The highest BCUT2D eigenvalue weighted by atomic mass is 35.5. The number of nitrogens with one attached hydrogen (secondary N) is 2. The number of rotatable bonds is 7. The fraction of sp³-hybridized carbons (Fsp3) is 0.375. The number of hydrogen-bond donors (Lipinski definition) is 2. The lowest BCUT2D eigenvalue weighted by Crippen LogP contribution is -2.19. The zero-order valence-electron chi connectivity index (χ0n) is 12.4. The maximum atomic E-state index is 6.16. The lowest BCUT2D eigenvalue weighted by Gasteiger charge is -2.16. The van der Waals surface area contributed by atoms with Crippen molar-refractivity contribution in [3.05, 3.63) is 47.1 Å². The Bertz CT molecular complexity index is 559. The van der Waals surface area contributed by atoms with Crippen molar-refractivity contribution in [1.82, 2.24) is 9.97 Å². The maximum Gasteiger partial charge on any atom is 0.224 e. The summed E-state index contributed by atoms with van der Waals surface area (Å²) < 4.78 is 0. The van der Waals surface area contributed by atoms with Crippen molar-refractivity contribution in [2.75, 3.05) is 17.2 Å². The smallest absolute Gasteiger partial charge is 0.224 e. The third-order valence-corrected chi connectivity index (χ3v) is 3.32. The third kappa shape index (κ3) is 4.90. The van der Waals surface area contributed by atoms with Crippen molar-refractivity contribution < 1.29 is 0 Å². The highest BCUT2D eigenvalue weighted by molar-refractivity contribution is 6.32. The van der Waals surface area contributed by atoms with Gasteiger partial charge in [0.05, 0.1) is 6.20 Å². The first kappa shape index (κ1) is 15.6. The van der Waals surface area contributed by atoms with E-state index in [4.69, 9.17) is 11.6 Å². The number of aromatic nitrogens is 2. The molecule has 0 aliphatic heterocycles. The van der Waals surface area contributed by atoms with Gasteiger partial charge in [-0.25, -0.2) is 4.98 Å². The number of halogens is 1. The van der Waals surface area contributed by atoms with Crippen LogP contribution in [-0.4, -0.2) is 22.6 Å². The summed E-state index contributed by atoms with van der Waals surface area (Å²) in [4.78, 5) is 8.60. The maximum absolute atomic E-state index is 6.16. The molecule has 1 heterocycles. The van der Waals surface area contributed by atoms with E-state index in [-0.39, 0.29) is 6.04 Å². The van der Waals surface area contributed by atoms with Gasteiger partial charge in [0.1, 0.15) is 5.02 Å². The molecular weight excluding hydrogens is 284 g/mol. The number of hydrogen-bond acceptors (Lipinski definition) is 4. The van der Waals surface area contributed by atoms with Crippen LogP contribution in [0, 0.1) is 0 Å². The molecule has 1 aromatic carbocycles. The van der Waals surface area contributed by atoms with Crippen molar-refractivity contribution in [2.24, 2.45) is 0 Å². The Kier molecular flexibility index (Phi) is 5.81. The predicted molar refractivity (Wildman–Crippen MR) is 89.1 cm³/mol. The molecule has 2 aromatic rings. The van der Waals surface area contributed by atoms with Gasteiger partial charge < -0.3 is 10.6 Å². The van der Waals surface area contributed by atoms with Gasteiger partial charge in [-0.05, 0) is 25.3 Å². The van der Waals surface area contributed by atoms with Gasteiger partial charge >= 0.3 is 0 Å². The molecule has 0 saturated carbocycles. The second-order valence-corrected chi connectivity index (χ2v) is 5.46. The number of anilines is 2. The summed E-state index contributed by atoms with van der Waals surface area (Å²) in [7, 11) is 0. The zero-order valence-corrected chi connectivity index (χ0v) is 13.2. The monoisotopic (exact) mass is 304 g/mol. The second-order valence-electron chi connectivity index (χ2n) is 5.05. The average Bonchev–Trinajstić information content (AvgIpc) is 2.49. The van der Waals surface area contributed by atoms with Crippen LogP contribution in [0.3, 0.4) is 0 Å². The van der Waals surface area contributed by atoms with Gasteiger partial charge in [-0.1, -0.05) is 48.9 Å². The first-order chi connectivity index (χ1) is 10.2. The van der Waals surface area contributed by atoms with Gasteiger partial charge in [-0.3, -0.25) is 0 Å². The van der Waals surface area contributed by atoms with Gasteiger partial charge in [-0.15, -0.1) is 0 Å². The Morgan fingerprint density at radius 3 is 2.71 bits per heavy atom. The van der Waals surface area contributed by atoms with Gasteiger partial charge in [0.25, 0.3) is 0 Å². The SMILES string of the molecule is CCCNc1ncc(Cl)c(NC(C)Cc2ccccc2)n1. The molecule has 0 aliphatic carbocycles. The molecule has 21 heavy (non-hydrogen) atoms. The van der Waals surface area contributed by atoms with E-state index in [2.05, 4.69) is 46.6 Å². The molecule has 2 N–H and O–H groups in total. The van der Waals surface area contributed by atoms with Crippen LogP contribution in [0.4, 0.5) is 11.8 Å². The van der Waals surface area contributed by atoms with E-state index in [9.17, 15) is 0 Å². The second kappa shape index (κ2) is 7.84. The summed E-state index contributed by atoms with van der Waals surface area (Å²) in [5.74, 6) is 1.28. The first-order valence-electron chi connectivity index (χ1n) is 7.26. The fourth-order valence-electron chi connectivity index (χ4n) is 2.04. The molecule has 2 rings (SSSR count). The first-order valence-corrected chi connectivity index (χ1v) is 7.63. The zero-order chi connectivity index (χ0) is 15.1. The molecule has 1 aromatic heterocycles. The topological polar surface area (TPSA) is 49.8 Å². The van der Waals surface area contributed by atoms with Crippen LogP contribution in [0.5, 0.6) is 0 Å². The predicted octanol–water partition coefficient (Wildman–Crippen LogP) is 4.00. The van der Waals surface area contributed by atoms with Crippen LogP contribution < -0.4 is 10.6 Å². The van der Waals surface area contributed by atoms with E-state index in [0.29, 0.717) is 16.8 Å². The minimum Gasteiger partial charge on any atom is -0.366 e. The highest BCUT2D eigenvalue weighted by Crippen LogP contribution is 2.21. The molecule has 5 heteroatoms. The Morgan fingerprint density at radius 2 is 2.00 bits per heavy atom. The summed E-state index contributed by atoms with van der Waals surface area (Å²) in [6.07, 6.45) is 3.57. The van der Waals surface area contributed by atoms with Gasteiger partial charge in [0.15, 0.2) is 5.82 Å². The molecule has 0 amide bonds. The average molecular weight is 305 g/mol. The van der Waals surface area contributed by atoms with Crippen molar-refractivity contribution >= 4 is 23.4 Å². The van der Waals surface area contributed by atoms with E-state index in [1.807, 2.05) is 18.2 Å². The molecule has 0 radical (unpaired) electrons. The van der Waals surface area contributed by atoms with E-state index in [1.54, 1.807) is 6.20 Å². The fourth-order valence-corrected chi connectivity index (χ4v) is 2.19. The Hall–Kier alpha value is -1.81. The van der Waals surface area contributed by atoms with Crippen LogP contribution in [0.25, 0.3) is 0 Å². The molecule has 1 atom stereocenters. The normalized spacial score (nSPS) is 12.0. The quantitative estimate of drug-likeness (QED) is 0.812. The van der Waals surface area contributed by atoms with E-state index >= 15 is 0 Å². The molecule has 0 aliphatic rings. The molecule has 0 fully saturated rings. The molecular formula is C16H21ClN4. The van der Waals surface area contributed by atoms with E-state index in [1.165, 1.54) is 5.56 Å². The number of benzene rings is 1. The highest BCUT2D eigenvalue weighted by Gasteiger charge is 2.09. The van der Waals surface area contributed by atoms with E-state index < -0.39 is 0 Å². The molecule has 1 unspecified atom stereocenters. The molecule has 0 bridgehead atoms. The Labute approximate surface area is 131 Å². The summed E-state index contributed by atoms with van der Waals surface area (Å²) >= 11 is 6.16. The lowest BCUT2D eigenvalue weighted by molar-refractivity contribution is 0.783. The van der Waals surface area contributed by atoms with Crippen molar-refractivity contribution in [1.29, 1.82) is 0 Å². The van der Waals surface area contributed by atoms with Crippen LogP contribution >= 0.6 is 11.6 Å². The van der Waals surface area contributed by atoms with Crippen LogP contribution in [0.15, 0.2) is 36.5 Å². The van der Waals surface area contributed by atoms with Crippen molar-refractivity contribution in [3.8, 4) is 0 Å². The minimum absolute atomic E-state index is 0.235. The summed E-state index contributed by atoms with van der Waals surface area (Å²) in [5, 5.41) is 7.06.